The van der Waals surface area contributed by atoms with Crippen molar-refractivity contribution in [1.82, 2.24) is 9.78 Å². The first-order valence-corrected chi connectivity index (χ1v) is 9.58. The van der Waals surface area contributed by atoms with E-state index in [-0.39, 0.29) is 5.56 Å². The second-order valence-corrected chi connectivity index (χ2v) is 10.5. The fraction of sp³-hybridized carbons (Fsp3) is 0.286. The number of aromatic nitrogens is 2. The molecule has 0 saturated carbocycles. The van der Waals surface area contributed by atoms with Crippen LogP contribution in [0.4, 0.5) is 0 Å². The first-order valence-electron chi connectivity index (χ1n) is 6.08. The van der Waals surface area contributed by atoms with E-state index in [1.807, 2.05) is 0 Å². The van der Waals surface area contributed by atoms with Crippen LogP contribution in [0.3, 0.4) is 0 Å². The highest BCUT2D eigenvalue weighted by Gasteiger charge is 2.15. The highest BCUT2D eigenvalue weighted by Crippen LogP contribution is 2.05. The minimum Gasteiger partial charge on any atom is -0.268 e. The molecule has 0 aliphatic carbocycles. The molecule has 0 unspecified atom stereocenters. The van der Waals surface area contributed by atoms with E-state index in [2.05, 4.69) is 49.0 Å². The zero-order valence-corrected chi connectivity index (χ0v) is 12.1. The van der Waals surface area contributed by atoms with Gasteiger partial charge in [0.2, 0.25) is 0 Å². The summed E-state index contributed by atoms with van der Waals surface area (Å²) in [5, 5.41) is 5.49. The quantitative estimate of drug-likeness (QED) is 0.787. The van der Waals surface area contributed by atoms with Crippen LogP contribution in [0.25, 0.3) is 0 Å². The van der Waals surface area contributed by atoms with Crippen molar-refractivity contribution >= 4 is 13.3 Å². The number of benzene rings is 1. The van der Waals surface area contributed by atoms with Crippen molar-refractivity contribution in [3.05, 3.63) is 58.5 Å². The van der Waals surface area contributed by atoms with Gasteiger partial charge in [0.25, 0.3) is 5.56 Å². The third-order valence-corrected chi connectivity index (χ3v) is 5.00. The Morgan fingerprint density at radius 1 is 1.11 bits per heavy atom. The summed E-state index contributed by atoms with van der Waals surface area (Å²) in [6, 6.07) is 11.7. The first-order chi connectivity index (χ1) is 8.47. The van der Waals surface area contributed by atoms with Gasteiger partial charge in [-0.1, -0.05) is 49.1 Å². The summed E-state index contributed by atoms with van der Waals surface area (Å²) < 4.78 is 1.48. The highest BCUT2D eigenvalue weighted by atomic mass is 28.3. The molecule has 1 aromatic heterocycles. The molecule has 0 amide bonds. The van der Waals surface area contributed by atoms with E-state index in [1.165, 1.54) is 15.9 Å². The van der Waals surface area contributed by atoms with Gasteiger partial charge in [0.05, 0.1) is 14.6 Å². The lowest BCUT2D eigenvalue weighted by molar-refractivity contribution is 0.639. The average Bonchev–Trinajstić information content (AvgIpc) is 2.32. The molecule has 3 nitrogen and oxygen atoms in total. The van der Waals surface area contributed by atoms with E-state index >= 15 is 0 Å². The molecule has 2 rings (SSSR count). The van der Waals surface area contributed by atoms with Crippen molar-refractivity contribution in [2.24, 2.45) is 0 Å². The zero-order valence-electron chi connectivity index (χ0n) is 11.1. The molecule has 0 aliphatic heterocycles. The summed E-state index contributed by atoms with van der Waals surface area (Å²) >= 11 is 0. The van der Waals surface area contributed by atoms with Gasteiger partial charge < -0.3 is 0 Å². The second kappa shape index (κ2) is 4.90. The molecule has 0 fully saturated rings. The Kier molecular flexibility index (Phi) is 3.47. The Hall–Kier alpha value is -1.68. The monoisotopic (exact) mass is 258 g/mol. The lowest BCUT2D eigenvalue weighted by Gasteiger charge is -2.16. The highest BCUT2D eigenvalue weighted by molar-refractivity contribution is 6.88. The van der Waals surface area contributed by atoms with E-state index in [0.29, 0.717) is 6.54 Å². The van der Waals surface area contributed by atoms with Gasteiger partial charge in [0.15, 0.2) is 0 Å². The Labute approximate surface area is 108 Å². The van der Waals surface area contributed by atoms with Crippen molar-refractivity contribution in [3.8, 4) is 0 Å². The van der Waals surface area contributed by atoms with Crippen LogP contribution in [-0.4, -0.2) is 17.9 Å². The topological polar surface area (TPSA) is 34.9 Å². The lowest BCUT2D eigenvalue weighted by Crippen LogP contribution is -2.37. The Balaban J connectivity index is 2.22. The minimum absolute atomic E-state index is 0.0632. The van der Waals surface area contributed by atoms with Crippen molar-refractivity contribution in [1.29, 1.82) is 0 Å². The molecule has 0 spiro atoms. The predicted octanol–water partition coefficient (Wildman–Crippen LogP) is 1.84. The van der Waals surface area contributed by atoms with Crippen LogP contribution in [0.5, 0.6) is 0 Å². The van der Waals surface area contributed by atoms with Crippen molar-refractivity contribution < 1.29 is 0 Å². The summed E-state index contributed by atoms with van der Waals surface area (Å²) in [7, 11) is -1.24. The van der Waals surface area contributed by atoms with E-state index in [1.54, 1.807) is 12.3 Å². The summed E-state index contributed by atoms with van der Waals surface area (Å²) in [6.07, 6.45) is 1.64. The maximum Gasteiger partial charge on any atom is 0.267 e. The molecular formula is C14H18N2OSi. The summed E-state index contributed by atoms with van der Waals surface area (Å²) in [4.78, 5) is 11.6. The molecule has 2 aromatic rings. The van der Waals surface area contributed by atoms with Crippen LogP contribution in [0.1, 0.15) is 5.56 Å². The zero-order chi connectivity index (χ0) is 13.2. The molecule has 0 aliphatic rings. The molecule has 18 heavy (non-hydrogen) atoms. The molecule has 0 atom stereocenters. The van der Waals surface area contributed by atoms with Gasteiger partial charge in [-0.3, -0.25) is 4.79 Å². The van der Waals surface area contributed by atoms with Crippen LogP contribution in [0.15, 0.2) is 47.4 Å². The number of hydrogen-bond acceptors (Lipinski definition) is 2. The van der Waals surface area contributed by atoms with Gasteiger partial charge in [-0.25, -0.2) is 4.68 Å². The largest absolute Gasteiger partial charge is 0.268 e. The second-order valence-electron chi connectivity index (χ2n) is 5.47. The minimum atomic E-state index is -1.24. The Bertz CT molecular complexity index is 582. The summed E-state index contributed by atoms with van der Waals surface area (Å²) in [5.74, 6) is 0. The molecule has 0 radical (unpaired) electrons. The van der Waals surface area contributed by atoms with Crippen LogP contribution in [-0.2, 0) is 6.54 Å². The number of rotatable bonds is 3. The van der Waals surface area contributed by atoms with Crippen molar-refractivity contribution in [3.63, 3.8) is 0 Å². The van der Waals surface area contributed by atoms with E-state index in [4.69, 9.17) is 0 Å². The van der Waals surface area contributed by atoms with Gasteiger partial charge in [-0.05, 0) is 11.6 Å². The third kappa shape index (κ3) is 2.95. The molecule has 94 valence electrons. The first kappa shape index (κ1) is 12.8. The van der Waals surface area contributed by atoms with Gasteiger partial charge >= 0.3 is 0 Å². The predicted molar refractivity (Wildman–Crippen MR) is 77.0 cm³/mol. The fourth-order valence-electron chi connectivity index (χ4n) is 1.79. The van der Waals surface area contributed by atoms with E-state index in [0.717, 1.165) is 5.56 Å². The smallest absolute Gasteiger partial charge is 0.267 e. The molecular weight excluding hydrogens is 240 g/mol. The molecule has 1 aromatic carbocycles. The van der Waals surface area contributed by atoms with Crippen molar-refractivity contribution in [2.75, 3.05) is 0 Å². The maximum atomic E-state index is 11.6. The van der Waals surface area contributed by atoms with E-state index in [9.17, 15) is 4.79 Å². The molecule has 4 heteroatoms. The van der Waals surface area contributed by atoms with Gasteiger partial charge in [-0.2, -0.15) is 5.10 Å². The fourth-order valence-corrected chi connectivity index (χ4v) is 2.96. The van der Waals surface area contributed by atoms with Gasteiger partial charge in [0, 0.05) is 12.3 Å². The van der Waals surface area contributed by atoms with Crippen LogP contribution in [0, 0.1) is 0 Å². The van der Waals surface area contributed by atoms with Gasteiger partial charge in [-0.15, -0.1) is 0 Å². The van der Waals surface area contributed by atoms with Crippen LogP contribution < -0.4 is 10.7 Å². The summed E-state index contributed by atoms with van der Waals surface area (Å²) in [5.41, 5.74) is 1.05. The van der Waals surface area contributed by atoms with Gasteiger partial charge in [0.1, 0.15) is 0 Å². The normalized spacial score (nSPS) is 11.5. The van der Waals surface area contributed by atoms with Crippen LogP contribution in [0.2, 0.25) is 19.6 Å². The molecule has 1 heterocycles. The Morgan fingerprint density at radius 3 is 2.33 bits per heavy atom. The van der Waals surface area contributed by atoms with Crippen molar-refractivity contribution in [2.45, 2.75) is 26.2 Å². The molecule has 0 bridgehead atoms. The Morgan fingerprint density at radius 2 is 1.78 bits per heavy atom. The third-order valence-electron chi connectivity index (χ3n) is 2.94. The molecule has 0 N–H and O–H groups in total. The lowest BCUT2D eigenvalue weighted by atomic mass is 10.2. The summed E-state index contributed by atoms with van der Waals surface area (Å²) in [6.45, 7) is 7.51. The SMILES string of the molecule is C[Si](C)(C)c1ccc(Cn2ncccc2=O)cc1. The van der Waals surface area contributed by atoms with E-state index < -0.39 is 8.07 Å². The van der Waals surface area contributed by atoms with Crippen LogP contribution >= 0.6 is 0 Å². The number of nitrogens with zero attached hydrogens (tertiary/aromatic N) is 2. The average molecular weight is 258 g/mol. The maximum absolute atomic E-state index is 11.6. The standard InChI is InChI=1S/C14H18N2OSi/c1-18(2,3)13-8-6-12(7-9-13)11-16-14(17)5-4-10-15-16/h4-10H,11H2,1-3H3. The molecule has 0 saturated heterocycles. The number of hydrogen-bond donors (Lipinski definition) is 0.